The number of nitrogens with two attached hydrogens (primary N) is 2. The molecule has 1 unspecified atom stereocenters. The molecule has 21 nitrogen and oxygen atoms in total. The Kier molecular flexibility index (Phi) is 8.05. The first-order valence-corrected chi connectivity index (χ1v) is 16.0. The average Bonchev–Trinajstić information content (AvgIpc) is 3.73. The Morgan fingerprint density at radius 2 is 1.89 bits per heavy atom. The third-order valence-electron chi connectivity index (χ3n) is 7.07. The van der Waals surface area contributed by atoms with Crippen LogP contribution in [0.3, 0.4) is 0 Å². The zero-order valence-electron chi connectivity index (χ0n) is 22.4. The van der Waals surface area contributed by atoms with Crippen LogP contribution < -0.4 is 17.0 Å². The fraction of sp³-hybridized carbons (Fsp3) is 0.476. The molecule has 0 amide bonds. The third kappa shape index (κ3) is 6.12. The van der Waals surface area contributed by atoms with E-state index in [-0.39, 0.29) is 28.6 Å². The molecule has 238 valence electrons. The molecule has 6 rings (SSSR count). The van der Waals surface area contributed by atoms with Crippen LogP contribution in [0.5, 0.6) is 0 Å². The quantitative estimate of drug-likeness (QED) is 0.102. The molecule has 0 radical (unpaired) electrons. The summed E-state index contributed by atoms with van der Waals surface area (Å²) in [7, 11) is -9.93. The molecule has 0 saturated carbocycles. The minimum absolute atomic E-state index is 0.0627. The highest BCUT2D eigenvalue weighted by atomic mass is 31.2. The summed E-state index contributed by atoms with van der Waals surface area (Å²) in [5.74, 6) is 0.0284. The van der Waals surface area contributed by atoms with Crippen molar-refractivity contribution >= 4 is 44.1 Å². The van der Waals surface area contributed by atoms with E-state index in [0.29, 0.717) is 18.4 Å². The van der Waals surface area contributed by atoms with Gasteiger partial charge in [0.05, 0.1) is 31.3 Å². The highest BCUT2D eigenvalue weighted by Gasteiger charge is 2.50. The van der Waals surface area contributed by atoms with Crippen LogP contribution in [0, 0.1) is 0 Å². The summed E-state index contributed by atoms with van der Waals surface area (Å²) < 4.78 is 53.9. The number of nitrogens with zero attached hydrogens (tertiary/aromatic N) is 6. The number of phosphoric ester groups is 2. The Labute approximate surface area is 245 Å². The Morgan fingerprint density at radius 3 is 2.66 bits per heavy atom. The first kappa shape index (κ1) is 30.7. The zero-order chi connectivity index (χ0) is 31.4. The third-order valence-corrected chi connectivity index (χ3v) is 8.54. The number of rotatable bonds is 10. The van der Waals surface area contributed by atoms with Gasteiger partial charge in [-0.25, -0.2) is 23.6 Å². The van der Waals surface area contributed by atoms with Crippen LogP contribution in [0.25, 0.3) is 16.7 Å². The van der Waals surface area contributed by atoms with Gasteiger partial charge in [0.1, 0.15) is 42.5 Å². The van der Waals surface area contributed by atoms with Crippen molar-refractivity contribution in [3.8, 4) is 0 Å². The van der Waals surface area contributed by atoms with Gasteiger partial charge in [0, 0.05) is 0 Å². The summed E-state index contributed by atoms with van der Waals surface area (Å²) in [6, 6.07) is 3.07. The molecule has 0 aliphatic carbocycles. The monoisotopic (exact) mass is 659 g/mol. The second-order valence-electron chi connectivity index (χ2n) is 9.97. The molecule has 2 aliphatic heterocycles. The lowest BCUT2D eigenvalue weighted by molar-refractivity contribution is -0.0380. The summed E-state index contributed by atoms with van der Waals surface area (Å²) in [5, 5.41) is 15.2. The number of imidazole rings is 1. The maximum absolute atomic E-state index is 13.0. The van der Waals surface area contributed by atoms with E-state index in [1.807, 2.05) is 0 Å². The molecule has 9 N–H and O–H groups in total. The molecule has 2 saturated heterocycles. The van der Waals surface area contributed by atoms with E-state index in [1.54, 1.807) is 6.07 Å². The van der Waals surface area contributed by atoms with Crippen LogP contribution in [0.15, 0.2) is 29.6 Å². The minimum Gasteiger partial charge on any atom is -0.387 e. The number of fused-ring (bicyclic) bond motifs is 2. The number of H-pyrrole nitrogens is 1. The van der Waals surface area contributed by atoms with Gasteiger partial charge in [-0.1, -0.05) is 0 Å². The maximum atomic E-state index is 13.0. The van der Waals surface area contributed by atoms with Gasteiger partial charge in [-0.15, -0.1) is 0 Å². The van der Waals surface area contributed by atoms with Crippen LogP contribution >= 0.6 is 15.6 Å². The van der Waals surface area contributed by atoms with Crippen molar-refractivity contribution in [1.29, 1.82) is 0 Å². The number of nitrogens with one attached hydrogen (secondary N) is 1. The SMILES string of the molecule is Nc1nc2c(ncn2[C@H]2CC[C@@H](COP(=O)(O)O[C@H]3[C@@H](O)[C@H](c4ccc5c(N)ncnn45)O[C@@H]3COP(=O)(O)O)O2)c(=O)[nH]1. The van der Waals surface area contributed by atoms with Crippen molar-refractivity contribution in [2.24, 2.45) is 0 Å². The molecule has 0 spiro atoms. The number of aromatic nitrogens is 7. The number of hydrogen-bond acceptors (Lipinski definition) is 15. The van der Waals surface area contributed by atoms with Crippen molar-refractivity contribution in [3.05, 3.63) is 40.8 Å². The van der Waals surface area contributed by atoms with Crippen LogP contribution in [-0.2, 0) is 32.2 Å². The van der Waals surface area contributed by atoms with Gasteiger partial charge in [0.25, 0.3) is 5.56 Å². The largest absolute Gasteiger partial charge is 0.472 e. The number of nitrogen functional groups attached to an aromatic ring is 2. The first-order chi connectivity index (χ1) is 20.8. The summed E-state index contributed by atoms with van der Waals surface area (Å²) in [4.78, 5) is 55.4. The number of aromatic amines is 1. The minimum atomic E-state index is -4.99. The molecule has 2 aliphatic rings. The van der Waals surface area contributed by atoms with Crippen molar-refractivity contribution in [2.45, 2.75) is 49.6 Å². The lowest BCUT2D eigenvalue weighted by Crippen LogP contribution is -2.35. The van der Waals surface area contributed by atoms with Crippen LogP contribution in [0.2, 0.25) is 0 Å². The van der Waals surface area contributed by atoms with Crippen LogP contribution in [0.4, 0.5) is 11.8 Å². The predicted octanol–water partition coefficient (Wildman–Crippen LogP) is -0.883. The van der Waals surface area contributed by atoms with E-state index in [0.717, 1.165) is 0 Å². The molecule has 4 aromatic heterocycles. The summed E-state index contributed by atoms with van der Waals surface area (Å²) >= 11 is 0. The van der Waals surface area contributed by atoms with Gasteiger partial charge in [-0.05, 0) is 25.0 Å². The van der Waals surface area contributed by atoms with Gasteiger partial charge in [-0.2, -0.15) is 10.1 Å². The van der Waals surface area contributed by atoms with Crippen molar-refractivity contribution in [1.82, 2.24) is 34.1 Å². The average molecular weight is 659 g/mol. The first-order valence-electron chi connectivity index (χ1n) is 12.9. The van der Waals surface area contributed by atoms with E-state index in [4.69, 9.17) is 30.0 Å². The summed E-state index contributed by atoms with van der Waals surface area (Å²) in [6.07, 6.45) is -3.95. The molecule has 4 aromatic rings. The van der Waals surface area contributed by atoms with Gasteiger partial charge in [-0.3, -0.25) is 27.9 Å². The molecule has 0 aromatic carbocycles. The Balaban J connectivity index is 1.14. The van der Waals surface area contributed by atoms with Gasteiger partial charge in [0.2, 0.25) is 5.95 Å². The van der Waals surface area contributed by atoms with Gasteiger partial charge < -0.3 is 40.7 Å². The topological polar surface area (TPSA) is 307 Å². The molecular weight excluding hydrogens is 632 g/mol. The van der Waals surface area contributed by atoms with Crippen molar-refractivity contribution in [3.63, 3.8) is 0 Å². The highest BCUT2D eigenvalue weighted by Crippen LogP contribution is 2.50. The number of phosphoric acid groups is 2. The Hall–Kier alpha value is -3.33. The Bertz CT molecular complexity index is 1840. The number of aliphatic hydroxyl groups is 1. The lowest BCUT2D eigenvalue weighted by Gasteiger charge is -2.24. The molecule has 2 fully saturated rings. The predicted molar refractivity (Wildman–Crippen MR) is 145 cm³/mol. The summed E-state index contributed by atoms with van der Waals surface area (Å²) in [5.41, 5.74) is 11.9. The van der Waals surface area contributed by atoms with E-state index in [2.05, 4.69) is 29.6 Å². The fourth-order valence-corrected chi connectivity index (χ4v) is 6.46. The van der Waals surface area contributed by atoms with Crippen LogP contribution in [0.1, 0.15) is 30.9 Å². The van der Waals surface area contributed by atoms with E-state index in [1.165, 1.54) is 27.8 Å². The standard InChI is InChI=1S/C21H27N9O12P2/c22-18-11-3-2-10(30(11)26-7-24-18)16-15(31)17(12(41-16)6-38-43(33,34)35)42-44(36,37)39-5-9-1-4-13(40-9)29-8-25-14-19(29)27-21(23)28-20(14)32/h2-3,7-9,12-13,15-17,31H,1,4-6H2,(H,36,37)(H2,22,24,26)(H2,33,34,35)(H3,23,27,28,32)/t9-,12+,13+,15-,16-,17+/m0/s1. The molecule has 44 heavy (non-hydrogen) atoms. The molecule has 7 atom stereocenters. The second-order valence-corrected chi connectivity index (χ2v) is 12.6. The zero-order valence-corrected chi connectivity index (χ0v) is 24.2. The van der Waals surface area contributed by atoms with Gasteiger partial charge in [0.15, 0.2) is 17.0 Å². The number of ether oxygens (including phenoxy) is 2. The van der Waals surface area contributed by atoms with E-state index < -0.39 is 71.2 Å². The Morgan fingerprint density at radius 1 is 1.09 bits per heavy atom. The lowest BCUT2D eigenvalue weighted by atomic mass is 10.1. The number of anilines is 2. The summed E-state index contributed by atoms with van der Waals surface area (Å²) in [6.45, 7) is -1.22. The van der Waals surface area contributed by atoms with Gasteiger partial charge >= 0.3 is 15.6 Å². The second kappa shape index (κ2) is 11.5. The normalized spacial score (nSPS) is 27.4. The van der Waals surface area contributed by atoms with E-state index >= 15 is 0 Å². The molecule has 6 heterocycles. The molecular formula is C21H27N9O12P2. The number of aliphatic hydroxyl groups excluding tert-OH is 1. The molecule has 0 bridgehead atoms. The van der Waals surface area contributed by atoms with Crippen molar-refractivity contribution in [2.75, 3.05) is 24.7 Å². The van der Waals surface area contributed by atoms with Crippen molar-refractivity contribution < 1.29 is 52.0 Å². The number of hydrogen-bond donors (Lipinski definition) is 7. The van der Waals surface area contributed by atoms with Crippen LogP contribution in [-0.4, -0.2) is 91.5 Å². The fourth-order valence-electron chi connectivity index (χ4n) is 5.14. The van der Waals surface area contributed by atoms with E-state index in [9.17, 15) is 33.7 Å². The smallest absolute Gasteiger partial charge is 0.387 e. The molecule has 23 heteroatoms. The maximum Gasteiger partial charge on any atom is 0.472 e. The highest BCUT2D eigenvalue weighted by molar-refractivity contribution is 7.47.